The number of hydrogen-bond donors (Lipinski definition) is 0. The smallest absolute Gasteiger partial charge is 0.246 e. The summed E-state index contributed by atoms with van der Waals surface area (Å²) in [5.74, 6) is 0.238. The maximum absolute atomic E-state index is 12.5. The minimum Gasteiger partial charge on any atom is -0.339 e. The predicted molar refractivity (Wildman–Crippen MR) is 100 cm³/mol. The molecule has 0 radical (unpaired) electrons. The zero-order valence-electron chi connectivity index (χ0n) is 14.5. The van der Waals surface area contributed by atoms with Crippen LogP contribution < -0.4 is 0 Å². The lowest BCUT2D eigenvalue weighted by molar-refractivity contribution is -0.127. The van der Waals surface area contributed by atoms with Crippen molar-refractivity contribution in [2.75, 3.05) is 13.1 Å². The molecule has 25 heavy (non-hydrogen) atoms. The normalized spacial score (nSPS) is 15.5. The average molecular weight is 333 g/mol. The Morgan fingerprint density at radius 3 is 2.40 bits per heavy atom. The largest absolute Gasteiger partial charge is 0.339 e. The summed E-state index contributed by atoms with van der Waals surface area (Å²) in [5.41, 5.74) is 2.98. The number of amides is 1. The van der Waals surface area contributed by atoms with Gasteiger partial charge in [-0.3, -0.25) is 9.59 Å². The van der Waals surface area contributed by atoms with E-state index in [0.717, 1.165) is 24.0 Å². The molecule has 2 aromatic rings. The van der Waals surface area contributed by atoms with Gasteiger partial charge in [0.1, 0.15) is 0 Å². The van der Waals surface area contributed by atoms with Crippen LogP contribution in [0.1, 0.15) is 34.3 Å². The Morgan fingerprint density at radius 2 is 1.72 bits per heavy atom. The molecule has 1 aliphatic rings. The Morgan fingerprint density at radius 1 is 1.00 bits per heavy atom. The number of Topliss-reactive ketones (excluding diaryl/α,β-unsaturated/α-hetero) is 1. The minimum absolute atomic E-state index is 0.0205. The van der Waals surface area contributed by atoms with Gasteiger partial charge in [-0.15, -0.1) is 0 Å². The molecule has 1 heterocycles. The van der Waals surface area contributed by atoms with Gasteiger partial charge in [-0.25, -0.2) is 0 Å². The summed E-state index contributed by atoms with van der Waals surface area (Å²) in [6.07, 6.45) is 4.96. The minimum atomic E-state index is 0.0205. The number of aryl methyl sites for hydroxylation is 1. The summed E-state index contributed by atoms with van der Waals surface area (Å²) in [6.45, 7) is 3.31. The fraction of sp³-hybridized carbons (Fsp3) is 0.273. The van der Waals surface area contributed by atoms with E-state index in [9.17, 15) is 9.59 Å². The van der Waals surface area contributed by atoms with Crippen LogP contribution in [0.25, 0.3) is 6.08 Å². The zero-order valence-corrected chi connectivity index (χ0v) is 14.5. The summed E-state index contributed by atoms with van der Waals surface area (Å²) in [6, 6.07) is 17.5. The third kappa shape index (κ3) is 4.44. The van der Waals surface area contributed by atoms with Crippen LogP contribution in [0.4, 0.5) is 0 Å². The zero-order chi connectivity index (χ0) is 17.6. The molecule has 1 fully saturated rings. The first-order chi connectivity index (χ1) is 12.1. The fourth-order valence-electron chi connectivity index (χ4n) is 3.25. The van der Waals surface area contributed by atoms with Gasteiger partial charge >= 0.3 is 0 Å². The van der Waals surface area contributed by atoms with Crippen molar-refractivity contribution in [2.24, 2.45) is 5.92 Å². The lowest BCUT2D eigenvalue weighted by Crippen LogP contribution is -2.39. The molecule has 0 spiro atoms. The summed E-state index contributed by atoms with van der Waals surface area (Å²) in [4.78, 5) is 26.7. The Hall–Kier alpha value is -2.68. The quantitative estimate of drug-likeness (QED) is 0.623. The summed E-state index contributed by atoms with van der Waals surface area (Å²) in [7, 11) is 0. The molecule has 0 aromatic heterocycles. The Labute approximate surface area is 149 Å². The first-order valence-electron chi connectivity index (χ1n) is 8.76. The molecule has 3 nitrogen and oxygen atoms in total. The molecule has 1 aliphatic heterocycles. The monoisotopic (exact) mass is 333 g/mol. The Balaban J connectivity index is 1.55. The second-order valence-corrected chi connectivity index (χ2v) is 6.58. The van der Waals surface area contributed by atoms with Gasteiger partial charge < -0.3 is 4.90 Å². The maximum Gasteiger partial charge on any atom is 0.246 e. The number of likely N-dealkylation sites (tertiary alicyclic amines) is 1. The van der Waals surface area contributed by atoms with Crippen molar-refractivity contribution in [3.05, 3.63) is 77.4 Å². The van der Waals surface area contributed by atoms with Crippen LogP contribution in [0, 0.1) is 12.8 Å². The molecule has 0 bridgehead atoms. The van der Waals surface area contributed by atoms with Crippen LogP contribution in [0.5, 0.6) is 0 Å². The molecule has 3 heteroatoms. The third-order valence-electron chi connectivity index (χ3n) is 4.70. The van der Waals surface area contributed by atoms with Crippen molar-refractivity contribution >= 4 is 17.8 Å². The second-order valence-electron chi connectivity index (χ2n) is 6.58. The Bertz CT molecular complexity index is 772. The number of piperidine rings is 1. The van der Waals surface area contributed by atoms with Crippen molar-refractivity contribution in [1.82, 2.24) is 4.90 Å². The molecule has 0 N–H and O–H groups in total. The highest BCUT2D eigenvalue weighted by molar-refractivity contribution is 5.98. The van der Waals surface area contributed by atoms with Crippen LogP contribution in [-0.4, -0.2) is 29.7 Å². The average Bonchev–Trinajstić information content (AvgIpc) is 2.66. The topological polar surface area (TPSA) is 37.4 Å². The van der Waals surface area contributed by atoms with Crippen LogP contribution in [-0.2, 0) is 4.79 Å². The van der Waals surface area contributed by atoms with E-state index in [4.69, 9.17) is 0 Å². The first kappa shape index (κ1) is 17.2. The van der Waals surface area contributed by atoms with E-state index >= 15 is 0 Å². The van der Waals surface area contributed by atoms with Gasteiger partial charge in [-0.2, -0.15) is 0 Å². The lowest BCUT2D eigenvalue weighted by Gasteiger charge is -2.30. The van der Waals surface area contributed by atoms with Gasteiger partial charge in [0, 0.05) is 30.6 Å². The van der Waals surface area contributed by atoms with Crippen molar-refractivity contribution in [3.63, 3.8) is 0 Å². The van der Waals surface area contributed by atoms with Crippen molar-refractivity contribution in [1.29, 1.82) is 0 Å². The van der Waals surface area contributed by atoms with Crippen LogP contribution in [0.15, 0.2) is 60.7 Å². The van der Waals surface area contributed by atoms with Gasteiger partial charge in [-0.05, 0) is 31.4 Å². The number of carbonyl (C=O) groups excluding carboxylic acids is 2. The number of rotatable bonds is 4. The molecular weight excluding hydrogens is 310 g/mol. The summed E-state index contributed by atoms with van der Waals surface area (Å²) in [5, 5.41) is 0. The lowest BCUT2D eigenvalue weighted by atomic mass is 9.89. The summed E-state index contributed by atoms with van der Waals surface area (Å²) >= 11 is 0. The van der Waals surface area contributed by atoms with Crippen molar-refractivity contribution < 1.29 is 9.59 Å². The molecular formula is C22H23NO2. The number of benzene rings is 2. The molecule has 128 valence electrons. The van der Waals surface area contributed by atoms with Gasteiger partial charge in [0.25, 0.3) is 0 Å². The second kappa shape index (κ2) is 7.93. The molecule has 0 atom stereocenters. The van der Waals surface area contributed by atoms with E-state index in [1.165, 1.54) is 5.56 Å². The molecule has 2 aromatic carbocycles. The fourth-order valence-corrected chi connectivity index (χ4v) is 3.25. The number of nitrogens with zero attached hydrogens (tertiary/aromatic N) is 1. The van der Waals surface area contributed by atoms with E-state index in [2.05, 4.69) is 6.07 Å². The molecule has 3 rings (SSSR count). The Kier molecular flexibility index (Phi) is 5.44. The highest BCUT2D eigenvalue weighted by Gasteiger charge is 2.27. The van der Waals surface area contributed by atoms with E-state index < -0.39 is 0 Å². The van der Waals surface area contributed by atoms with Gasteiger partial charge in [-0.1, -0.05) is 60.2 Å². The van der Waals surface area contributed by atoms with E-state index in [1.807, 2.05) is 66.4 Å². The van der Waals surface area contributed by atoms with Crippen molar-refractivity contribution in [3.8, 4) is 0 Å². The third-order valence-corrected chi connectivity index (χ3v) is 4.70. The maximum atomic E-state index is 12.5. The van der Waals surface area contributed by atoms with Crippen LogP contribution >= 0.6 is 0 Å². The molecule has 0 unspecified atom stereocenters. The molecule has 1 amide bonds. The van der Waals surface area contributed by atoms with Gasteiger partial charge in [0.2, 0.25) is 5.91 Å². The number of carbonyl (C=O) groups is 2. The molecule has 1 saturated heterocycles. The number of ketones is 1. The SMILES string of the molecule is Cc1cccc(/C=C/C(=O)N2CCC(C(=O)c3ccccc3)CC2)c1. The highest BCUT2D eigenvalue weighted by atomic mass is 16.2. The van der Waals surface area contributed by atoms with Gasteiger partial charge in [0.15, 0.2) is 5.78 Å². The number of hydrogen-bond acceptors (Lipinski definition) is 2. The van der Waals surface area contributed by atoms with Gasteiger partial charge in [0.05, 0.1) is 0 Å². The molecule has 0 saturated carbocycles. The first-order valence-corrected chi connectivity index (χ1v) is 8.76. The van der Waals surface area contributed by atoms with Crippen molar-refractivity contribution in [2.45, 2.75) is 19.8 Å². The van der Waals surface area contributed by atoms with Crippen LogP contribution in [0.2, 0.25) is 0 Å². The van der Waals surface area contributed by atoms with E-state index in [0.29, 0.717) is 13.1 Å². The standard InChI is InChI=1S/C22H23NO2/c1-17-6-5-7-18(16-17)10-11-21(24)23-14-12-20(13-15-23)22(25)19-8-3-2-4-9-19/h2-11,16,20H,12-15H2,1H3/b11-10+. The van der Waals surface area contributed by atoms with E-state index in [-0.39, 0.29) is 17.6 Å². The highest BCUT2D eigenvalue weighted by Crippen LogP contribution is 2.22. The predicted octanol–water partition coefficient (Wildman–Crippen LogP) is 4.13. The molecule has 0 aliphatic carbocycles. The van der Waals surface area contributed by atoms with E-state index in [1.54, 1.807) is 6.08 Å². The summed E-state index contributed by atoms with van der Waals surface area (Å²) < 4.78 is 0. The van der Waals surface area contributed by atoms with Crippen LogP contribution in [0.3, 0.4) is 0 Å².